The zero-order valence-electron chi connectivity index (χ0n) is 15.0. The van der Waals surface area contributed by atoms with Gasteiger partial charge in [-0.25, -0.2) is 9.37 Å². The number of benzene rings is 1. The molecular weight excluding hydrogens is 432 g/mol. The molecule has 0 bridgehead atoms. The molecule has 25 heavy (non-hydrogen) atoms. The highest BCUT2D eigenvalue weighted by Crippen LogP contribution is 2.04. The Morgan fingerprint density at radius 1 is 1.24 bits per heavy atom. The van der Waals surface area contributed by atoms with E-state index in [4.69, 9.17) is 0 Å². The normalized spacial score (nSPS) is 11.3. The molecule has 0 aliphatic carbocycles. The molecule has 1 aromatic carbocycles. The van der Waals surface area contributed by atoms with Crippen molar-refractivity contribution in [2.24, 2.45) is 10.9 Å². The van der Waals surface area contributed by atoms with Gasteiger partial charge in [-0.1, -0.05) is 26.0 Å². The number of imidazole rings is 1. The number of hydrogen-bond acceptors (Lipinski definition) is 2. The average molecular weight is 459 g/mol. The largest absolute Gasteiger partial charge is 0.356 e. The molecule has 2 aromatic rings. The highest BCUT2D eigenvalue weighted by Gasteiger charge is 2.06. The second-order valence-electron chi connectivity index (χ2n) is 6.12. The fourth-order valence-electron chi connectivity index (χ4n) is 2.43. The van der Waals surface area contributed by atoms with E-state index in [0.29, 0.717) is 12.5 Å². The van der Waals surface area contributed by atoms with Gasteiger partial charge in [0.05, 0.1) is 6.54 Å². The number of aliphatic imine (C=N–C) groups is 1. The Morgan fingerprint density at radius 2 is 1.96 bits per heavy atom. The van der Waals surface area contributed by atoms with E-state index in [9.17, 15) is 4.39 Å². The van der Waals surface area contributed by atoms with Crippen LogP contribution < -0.4 is 10.6 Å². The maximum Gasteiger partial charge on any atom is 0.191 e. The lowest BCUT2D eigenvalue weighted by Crippen LogP contribution is -2.38. The highest BCUT2D eigenvalue weighted by molar-refractivity contribution is 14.0. The maximum atomic E-state index is 12.9. The van der Waals surface area contributed by atoms with Crippen molar-refractivity contribution in [2.75, 3.05) is 13.6 Å². The second-order valence-corrected chi connectivity index (χ2v) is 6.12. The molecule has 2 rings (SSSR count). The zero-order chi connectivity index (χ0) is 17.4. The summed E-state index contributed by atoms with van der Waals surface area (Å²) in [6.07, 6.45) is 4.63. The first-order valence-corrected chi connectivity index (χ1v) is 8.27. The van der Waals surface area contributed by atoms with E-state index in [1.54, 1.807) is 19.2 Å². The van der Waals surface area contributed by atoms with Gasteiger partial charge >= 0.3 is 0 Å². The predicted molar refractivity (Wildman–Crippen MR) is 111 cm³/mol. The Kier molecular flexibility index (Phi) is 9.48. The van der Waals surface area contributed by atoms with E-state index >= 15 is 0 Å². The molecule has 0 atom stereocenters. The van der Waals surface area contributed by atoms with Gasteiger partial charge in [0, 0.05) is 32.5 Å². The van der Waals surface area contributed by atoms with Gasteiger partial charge in [-0.3, -0.25) is 4.99 Å². The average Bonchev–Trinajstić information content (AvgIpc) is 2.99. The predicted octanol–water partition coefficient (Wildman–Crippen LogP) is 3.20. The lowest BCUT2D eigenvalue weighted by atomic mass is 10.1. The van der Waals surface area contributed by atoms with Gasteiger partial charge in [-0.2, -0.15) is 0 Å². The second kappa shape index (κ2) is 11.1. The molecule has 5 nitrogen and oxygen atoms in total. The molecule has 1 heterocycles. The summed E-state index contributed by atoms with van der Waals surface area (Å²) in [5.41, 5.74) is 1.09. The molecule has 7 heteroatoms. The number of nitrogens with zero attached hydrogens (tertiary/aromatic N) is 3. The molecular formula is C18H27FIN5. The Labute approximate surface area is 166 Å². The minimum absolute atomic E-state index is 0. The van der Waals surface area contributed by atoms with E-state index in [1.807, 2.05) is 12.4 Å². The number of halogens is 2. The Bertz CT molecular complexity index is 652. The van der Waals surface area contributed by atoms with Crippen molar-refractivity contribution in [2.45, 2.75) is 33.4 Å². The van der Waals surface area contributed by atoms with E-state index in [1.165, 1.54) is 12.1 Å². The number of guanidine groups is 1. The molecule has 0 amide bonds. The third-order valence-electron chi connectivity index (χ3n) is 3.62. The van der Waals surface area contributed by atoms with Crippen molar-refractivity contribution in [3.05, 3.63) is 53.9 Å². The molecule has 0 aliphatic heterocycles. The van der Waals surface area contributed by atoms with Crippen LogP contribution in [0.4, 0.5) is 4.39 Å². The van der Waals surface area contributed by atoms with Gasteiger partial charge in [0.15, 0.2) is 5.96 Å². The Balaban J connectivity index is 0.00000312. The summed E-state index contributed by atoms with van der Waals surface area (Å²) >= 11 is 0. The molecule has 138 valence electrons. The SMILES string of the molecule is CN=C(NCCc1ccc(F)cc1)NCc1nccn1CC(C)C.I. The standard InChI is InChI=1S/C18H26FN5.HI/c1-14(2)13-24-11-10-21-17(24)12-23-18(20-3)22-9-8-15-4-6-16(19)7-5-15;/h4-7,10-11,14H,8-9,12-13H2,1-3H3,(H2,20,22,23);1H. The van der Waals surface area contributed by atoms with Gasteiger partial charge in [-0.05, 0) is 30.0 Å². The summed E-state index contributed by atoms with van der Waals surface area (Å²) in [5, 5.41) is 6.54. The van der Waals surface area contributed by atoms with Crippen LogP contribution in [0, 0.1) is 11.7 Å². The van der Waals surface area contributed by atoms with Crippen LogP contribution in [0.25, 0.3) is 0 Å². The van der Waals surface area contributed by atoms with Crippen LogP contribution in [0.2, 0.25) is 0 Å². The first-order chi connectivity index (χ1) is 11.6. The van der Waals surface area contributed by atoms with Crippen molar-refractivity contribution in [3.8, 4) is 0 Å². The van der Waals surface area contributed by atoms with Crippen LogP contribution >= 0.6 is 24.0 Å². The maximum absolute atomic E-state index is 12.9. The molecule has 0 spiro atoms. The molecule has 2 N–H and O–H groups in total. The number of nitrogens with one attached hydrogen (secondary N) is 2. The van der Waals surface area contributed by atoms with Crippen molar-refractivity contribution >= 4 is 29.9 Å². The number of aromatic nitrogens is 2. The molecule has 0 aliphatic rings. The first-order valence-electron chi connectivity index (χ1n) is 8.27. The Morgan fingerprint density at radius 3 is 2.60 bits per heavy atom. The highest BCUT2D eigenvalue weighted by atomic mass is 127. The topological polar surface area (TPSA) is 54.2 Å². The fraction of sp³-hybridized carbons (Fsp3) is 0.444. The molecule has 0 unspecified atom stereocenters. The first kappa shape index (κ1) is 21.4. The lowest BCUT2D eigenvalue weighted by molar-refractivity contribution is 0.503. The van der Waals surface area contributed by atoms with E-state index < -0.39 is 0 Å². The zero-order valence-corrected chi connectivity index (χ0v) is 17.3. The summed E-state index contributed by atoms with van der Waals surface area (Å²) in [4.78, 5) is 8.61. The van der Waals surface area contributed by atoms with Gasteiger partial charge in [0.2, 0.25) is 0 Å². The molecule has 0 radical (unpaired) electrons. The summed E-state index contributed by atoms with van der Waals surface area (Å²) in [5.74, 6) is 2.09. The summed E-state index contributed by atoms with van der Waals surface area (Å²) in [6, 6.07) is 6.57. The minimum atomic E-state index is -0.207. The quantitative estimate of drug-likeness (QED) is 0.380. The van der Waals surface area contributed by atoms with Crippen LogP contribution in [0.15, 0.2) is 41.7 Å². The van der Waals surface area contributed by atoms with Crippen LogP contribution in [0.3, 0.4) is 0 Å². The number of rotatable bonds is 7. The smallest absolute Gasteiger partial charge is 0.191 e. The van der Waals surface area contributed by atoms with Crippen molar-refractivity contribution in [1.82, 2.24) is 20.2 Å². The van der Waals surface area contributed by atoms with Crippen LogP contribution in [0.5, 0.6) is 0 Å². The number of hydrogen-bond donors (Lipinski definition) is 2. The van der Waals surface area contributed by atoms with Gasteiger partial charge in [0.25, 0.3) is 0 Å². The molecule has 1 aromatic heterocycles. The van der Waals surface area contributed by atoms with Crippen LogP contribution in [-0.2, 0) is 19.5 Å². The van der Waals surface area contributed by atoms with Crippen molar-refractivity contribution in [1.29, 1.82) is 0 Å². The fourth-order valence-corrected chi connectivity index (χ4v) is 2.43. The summed E-state index contributed by atoms with van der Waals surface area (Å²) in [6.45, 7) is 6.68. The van der Waals surface area contributed by atoms with Gasteiger partial charge in [0.1, 0.15) is 11.6 Å². The Hall–Kier alpha value is -1.64. The monoisotopic (exact) mass is 459 g/mol. The van der Waals surface area contributed by atoms with E-state index in [-0.39, 0.29) is 29.8 Å². The van der Waals surface area contributed by atoms with Crippen molar-refractivity contribution in [3.63, 3.8) is 0 Å². The molecule has 0 fully saturated rings. The minimum Gasteiger partial charge on any atom is -0.356 e. The summed E-state index contributed by atoms with van der Waals surface area (Å²) < 4.78 is 15.0. The van der Waals surface area contributed by atoms with Crippen LogP contribution in [0.1, 0.15) is 25.2 Å². The molecule has 0 saturated carbocycles. The molecule has 0 saturated heterocycles. The van der Waals surface area contributed by atoms with Gasteiger partial charge in [-0.15, -0.1) is 24.0 Å². The van der Waals surface area contributed by atoms with Crippen LogP contribution in [-0.4, -0.2) is 29.1 Å². The van der Waals surface area contributed by atoms with E-state index in [0.717, 1.165) is 36.9 Å². The third kappa shape index (κ3) is 7.41. The van der Waals surface area contributed by atoms with Crippen molar-refractivity contribution < 1.29 is 4.39 Å². The summed E-state index contributed by atoms with van der Waals surface area (Å²) in [7, 11) is 1.74. The van der Waals surface area contributed by atoms with E-state index in [2.05, 4.69) is 39.0 Å². The van der Waals surface area contributed by atoms with Gasteiger partial charge < -0.3 is 15.2 Å². The lowest BCUT2D eigenvalue weighted by Gasteiger charge is -2.14. The third-order valence-corrected chi connectivity index (χ3v) is 3.62.